The van der Waals surface area contributed by atoms with Crippen molar-refractivity contribution in [3.63, 3.8) is 0 Å². The van der Waals surface area contributed by atoms with E-state index >= 15 is 0 Å². The molecule has 0 fully saturated rings. The fourth-order valence-corrected chi connectivity index (χ4v) is 3.27. The minimum absolute atomic E-state index is 0.237. The second-order valence-electron chi connectivity index (χ2n) is 6.34. The van der Waals surface area contributed by atoms with Crippen molar-refractivity contribution in [2.24, 2.45) is 0 Å². The van der Waals surface area contributed by atoms with E-state index in [9.17, 15) is 4.79 Å². The highest BCUT2D eigenvalue weighted by molar-refractivity contribution is 9.10. The molecule has 0 atom stereocenters. The third-order valence-electron chi connectivity index (χ3n) is 4.49. The molecule has 4 rings (SSSR count). The average molecular weight is 452 g/mol. The lowest BCUT2D eigenvalue weighted by Crippen LogP contribution is -2.12. The Morgan fingerprint density at radius 2 is 1.72 bits per heavy atom. The van der Waals surface area contributed by atoms with Crippen LogP contribution in [0.1, 0.15) is 10.4 Å². The number of ether oxygens (including phenoxy) is 2. The van der Waals surface area contributed by atoms with Gasteiger partial charge < -0.3 is 19.2 Å². The molecule has 0 aliphatic heterocycles. The van der Waals surface area contributed by atoms with E-state index < -0.39 is 0 Å². The topological polar surface area (TPSA) is 64.9 Å². The zero-order valence-corrected chi connectivity index (χ0v) is 17.4. The van der Waals surface area contributed by atoms with Crippen LogP contribution in [0.3, 0.4) is 0 Å². The summed E-state index contributed by atoms with van der Waals surface area (Å²) in [7, 11) is 3.09. The summed E-state index contributed by atoms with van der Waals surface area (Å²) < 4.78 is 13.4. The molecule has 0 unspecified atom stereocenters. The Kier molecular flexibility index (Phi) is 5.22. The van der Waals surface area contributed by atoms with E-state index in [1.165, 1.54) is 7.11 Å². The van der Waals surface area contributed by atoms with E-state index in [1.807, 2.05) is 53.2 Å². The van der Waals surface area contributed by atoms with Crippen LogP contribution in [0.4, 0.5) is 5.69 Å². The highest BCUT2D eigenvalue weighted by Gasteiger charge is 2.12. The quantitative estimate of drug-likeness (QED) is 0.461. The van der Waals surface area contributed by atoms with Crippen molar-refractivity contribution in [3.8, 4) is 22.8 Å². The van der Waals surface area contributed by atoms with Crippen molar-refractivity contribution < 1.29 is 14.3 Å². The van der Waals surface area contributed by atoms with Crippen molar-refractivity contribution >= 4 is 33.2 Å². The number of fused-ring (bicyclic) bond motifs is 1. The molecule has 6 nitrogen and oxygen atoms in total. The van der Waals surface area contributed by atoms with Crippen molar-refractivity contribution in [2.75, 3.05) is 19.5 Å². The van der Waals surface area contributed by atoms with Gasteiger partial charge >= 0.3 is 0 Å². The minimum atomic E-state index is -0.237. The van der Waals surface area contributed by atoms with E-state index in [1.54, 1.807) is 25.3 Å². The van der Waals surface area contributed by atoms with Gasteiger partial charge in [0.05, 0.1) is 25.6 Å². The van der Waals surface area contributed by atoms with Gasteiger partial charge in [0.2, 0.25) is 0 Å². The number of nitrogens with one attached hydrogen (secondary N) is 1. The number of hydrogen-bond donors (Lipinski definition) is 1. The zero-order chi connectivity index (χ0) is 20.4. The summed E-state index contributed by atoms with van der Waals surface area (Å²) in [6, 6.07) is 16.7. The van der Waals surface area contributed by atoms with Crippen molar-refractivity contribution in [2.45, 2.75) is 0 Å². The van der Waals surface area contributed by atoms with E-state index in [0.29, 0.717) is 22.7 Å². The minimum Gasteiger partial charge on any atom is -0.493 e. The molecule has 0 aliphatic carbocycles. The summed E-state index contributed by atoms with van der Waals surface area (Å²) in [6.07, 6.45) is 3.77. The first-order valence-corrected chi connectivity index (χ1v) is 9.65. The fourth-order valence-electron chi connectivity index (χ4n) is 3.01. The number of pyridine rings is 1. The molecular weight excluding hydrogens is 434 g/mol. The van der Waals surface area contributed by atoms with Gasteiger partial charge in [0, 0.05) is 28.0 Å². The second-order valence-corrected chi connectivity index (χ2v) is 7.26. The van der Waals surface area contributed by atoms with Crippen LogP contribution in [-0.4, -0.2) is 29.5 Å². The molecule has 7 heteroatoms. The van der Waals surface area contributed by atoms with E-state index in [4.69, 9.17) is 9.47 Å². The smallest absolute Gasteiger partial charge is 0.255 e. The predicted molar refractivity (Wildman–Crippen MR) is 116 cm³/mol. The van der Waals surface area contributed by atoms with Gasteiger partial charge in [0.1, 0.15) is 5.65 Å². The summed E-state index contributed by atoms with van der Waals surface area (Å²) in [6.45, 7) is 0. The Morgan fingerprint density at radius 1 is 0.966 bits per heavy atom. The second kappa shape index (κ2) is 7.97. The molecule has 4 aromatic rings. The third kappa shape index (κ3) is 3.95. The molecule has 0 bridgehead atoms. The van der Waals surface area contributed by atoms with Gasteiger partial charge in [0.25, 0.3) is 5.91 Å². The van der Waals surface area contributed by atoms with Gasteiger partial charge in [-0.25, -0.2) is 4.98 Å². The molecular formula is C22H18BrN3O3. The zero-order valence-electron chi connectivity index (χ0n) is 15.8. The number of carbonyl (C=O) groups is 1. The van der Waals surface area contributed by atoms with Crippen molar-refractivity contribution in [1.82, 2.24) is 9.38 Å². The van der Waals surface area contributed by atoms with Gasteiger partial charge in [-0.3, -0.25) is 4.79 Å². The maximum Gasteiger partial charge on any atom is 0.255 e. The molecule has 29 heavy (non-hydrogen) atoms. The number of halogens is 1. The standard InChI is InChI=1S/C22H18BrN3O3/c1-28-19-9-5-15(11-20(19)29-2)22(27)24-17-8-10-21-25-18(13-26(21)12-17)14-3-6-16(23)7-4-14/h3-13H,1-2H3,(H,24,27). The largest absolute Gasteiger partial charge is 0.493 e. The normalized spacial score (nSPS) is 10.7. The number of imidazole rings is 1. The Bertz CT molecular complexity index is 1190. The van der Waals surface area contributed by atoms with Gasteiger partial charge in [-0.15, -0.1) is 0 Å². The molecule has 2 heterocycles. The number of carbonyl (C=O) groups excluding carboxylic acids is 1. The predicted octanol–water partition coefficient (Wildman–Crippen LogP) is 5.03. The third-order valence-corrected chi connectivity index (χ3v) is 5.02. The summed E-state index contributed by atoms with van der Waals surface area (Å²) in [5, 5.41) is 2.91. The van der Waals surface area contributed by atoms with Crippen LogP contribution in [0.25, 0.3) is 16.9 Å². The fraction of sp³-hybridized carbons (Fsp3) is 0.0909. The lowest BCUT2D eigenvalue weighted by molar-refractivity contribution is 0.102. The van der Waals surface area contributed by atoms with Crippen LogP contribution in [0.2, 0.25) is 0 Å². The first-order chi connectivity index (χ1) is 14.1. The molecule has 0 aliphatic rings. The summed E-state index contributed by atoms with van der Waals surface area (Å²) in [5.74, 6) is 0.840. The lowest BCUT2D eigenvalue weighted by Gasteiger charge is -2.10. The molecule has 0 saturated carbocycles. The first-order valence-electron chi connectivity index (χ1n) is 8.85. The maximum atomic E-state index is 12.6. The highest BCUT2D eigenvalue weighted by Crippen LogP contribution is 2.28. The van der Waals surface area contributed by atoms with Crippen molar-refractivity contribution in [1.29, 1.82) is 0 Å². The molecule has 0 spiro atoms. The molecule has 0 radical (unpaired) electrons. The number of amides is 1. The average Bonchev–Trinajstić information content (AvgIpc) is 3.17. The number of methoxy groups -OCH3 is 2. The molecule has 146 valence electrons. The Morgan fingerprint density at radius 3 is 2.45 bits per heavy atom. The van der Waals surface area contributed by atoms with Gasteiger partial charge in [-0.2, -0.15) is 0 Å². The number of anilines is 1. The van der Waals surface area contributed by atoms with Crippen LogP contribution in [0.15, 0.2) is 71.5 Å². The van der Waals surface area contributed by atoms with Crippen LogP contribution in [0, 0.1) is 0 Å². The van der Waals surface area contributed by atoms with Crippen LogP contribution >= 0.6 is 15.9 Å². The summed E-state index contributed by atoms with van der Waals surface area (Å²) in [5.41, 5.74) is 3.82. The van der Waals surface area contributed by atoms with E-state index in [2.05, 4.69) is 26.2 Å². The number of rotatable bonds is 5. The number of nitrogens with zero attached hydrogens (tertiary/aromatic N) is 2. The van der Waals surface area contributed by atoms with Crippen LogP contribution in [0.5, 0.6) is 11.5 Å². The number of hydrogen-bond acceptors (Lipinski definition) is 4. The number of aromatic nitrogens is 2. The number of benzene rings is 2. The summed E-state index contributed by atoms with van der Waals surface area (Å²) in [4.78, 5) is 17.3. The highest BCUT2D eigenvalue weighted by atomic mass is 79.9. The van der Waals surface area contributed by atoms with Crippen LogP contribution in [-0.2, 0) is 0 Å². The Hall–Kier alpha value is -3.32. The van der Waals surface area contributed by atoms with E-state index in [-0.39, 0.29) is 5.91 Å². The molecule has 2 aromatic carbocycles. The Balaban J connectivity index is 1.58. The van der Waals surface area contributed by atoms with Crippen molar-refractivity contribution in [3.05, 3.63) is 77.0 Å². The van der Waals surface area contributed by atoms with Gasteiger partial charge in [0.15, 0.2) is 11.5 Å². The summed E-state index contributed by atoms with van der Waals surface area (Å²) >= 11 is 3.44. The molecule has 1 N–H and O–H groups in total. The molecule has 0 saturated heterocycles. The monoisotopic (exact) mass is 451 g/mol. The SMILES string of the molecule is COc1ccc(C(=O)Nc2ccc3nc(-c4ccc(Br)cc4)cn3c2)cc1OC. The van der Waals surface area contributed by atoms with E-state index in [0.717, 1.165) is 21.4 Å². The molecule has 1 amide bonds. The van der Waals surface area contributed by atoms with Gasteiger partial charge in [-0.05, 0) is 42.5 Å². The lowest BCUT2D eigenvalue weighted by atomic mass is 10.2. The first kappa shape index (κ1) is 19.0. The molecule has 2 aromatic heterocycles. The van der Waals surface area contributed by atoms with Gasteiger partial charge in [-0.1, -0.05) is 28.1 Å². The maximum absolute atomic E-state index is 12.6. The van der Waals surface area contributed by atoms with Crippen LogP contribution < -0.4 is 14.8 Å². The Labute approximate surface area is 176 Å².